The summed E-state index contributed by atoms with van der Waals surface area (Å²) in [6.07, 6.45) is 0.560. The van der Waals surface area contributed by atoms with Gasteiger partial charge in [-0.15, -0.1) is 4.21 Å². The van der Waals surface area contributed by atoms with E-state index < -0.39 is 43.8 Å². The van der Waals surface area contributed by atoms with Crippen LogP contribution in [0, 0.1) is 10.1 Å². The third kappa shape index (κ3) is 8.08. The van der Waals surface area contributed by atoms with E-state index in [-0.39, 0.29) is 16.5 Å². The van der Waals surface area contributed by atoms with Crippen molar-refractivity contribution in [3.8, 4) is 11.5 Å². The molecule has 2 rings (SSSR count). The highest BCUT2D eigenvalue weighted by Crippen LogP contribution is 2.37. The van der Waals surface area contributed by atoms with Gasteiger partial charge in [0.25, 0.3) is 5.69 Å². The SMILES string of the molecule is C[S+](C)(C)=O.O=C([O-])c1cc(Oc2ccc(C(F)(F)F)cc2Cl)ccc1[N+](=O)[O-]. The molecule has 0 unspecified atom stereocenters. The molecule has 0 radical (unpaired) electrons. The maximum absolute atomic E-state index is 12.6. The monoisotopic (exact) mass is 453 g/mol. The summed E-state index contributed by atoms with van der Waals surface area (Å²) >= 11 is 5.71. The van der Waals surface area contributed by atoms with Gasteiger partial charge in [-0.2, -0.15) is 13.2 Å². The molecule has 0 aliphatic heterocycles. The first-order valence-corrected chi connectivity index (χ1v) is 10.7. The molecule has 0 fully saturated rings. The molecule has 158 valence electrons. The molecule has 0 spiro atoms. The van der Waals surface area contributed by atoms with E-state index in [1.165, 1.54) is 0 Å². The summed E-state index contributed by atoms with van der Waals surface area (Å²) in [6.45, 7) is 0. The van der Waals surface area contributed by atoms with E-state index in [9.17, 15) is 37.4 Å². The van der Waals surface area contributed by atoms with E-state index in [2.05, 4.69) is 0 Å². The van der Waals surface area contributed by atoms with Crippen molar-refractivity contribution < 1.29 is 36.9 Å². The third-order valence-corrected chi connectivity index (χ3v) is 3.17. The number of ether oxygens (including phenoxy) is 1. The molecule has 0 aliphatic carbocycles. The molecule has 0 heterocycles. The molecule has 12 heteroatoms. The van der Waals surface area contributed by atoms with Gasteiger partial charge in [0.2, 0.25) is 0 Å². The highest BCUT2D eigenvalue weighted by Gasteiger charge is 2.31. The number of nitro groups is 1. The van der Waals surface area contributed by atoms with E-state index in [0.29, 0.717) is 6.07 Å². The fraction of sp³-hybridized carbons (Fsp3) is 0.235. The van der Waals surface area contributed by atoms with Crippen LogP contribution < -0.4 is 9.84 Å². The topological polar surface area (TPSA) is 110 Å². The van der Waals surface area contributed by atoms with Gasteiger partial charge in [0.05, 0.1) is 37.0 Å². The summed E-state index contributed by atoms with van der Waals surface area (Å²) in [5.41, 5.74) is -2.43. The van der Waals surface area contributed by atoms with Gasteiger partial charge in [0.15, 0.2) is 0 Å². The van der Waals surface area contributed by atoms with Crippen LogP contribution in [0.5, 0.6) is 11.5 Å². The number of halogens is 4. The number of rotatable bonds is 4. The summed E-state index contributed by atoms with van der Waals surface area (Å²) < 4.78 is 53.0. The minimum absolute atomic E-state index is 0.165. The summed E-state index contributed by atoms with van der Waals surface area (Å²) in [4.78, 5) is 20.7. The van der Waals surface area contributed by atoms with Crippen LogP contribution in [0.25, 0.3) is 0 Å². The molecule has 2 aromatic rings. The smallest absolute Gasteiger partial charge is 0.416 e. The van der Waals surface area contributed by atoms with Crippen molar-refractivity contribution in [2.24, 2.45) is 0 Å². The Hall–Kier alpha value is -2.66. The van der Waals surface area contributed by atoms with Gasteiger partial charge in [-0.3, -0.25) is 10.1 Å². The quantitative estimate of drug-likeness (QED) is 0.395. The Balaban J connectivity index is 0.000000749. The zero-order chi connectivity index (χ0) is 22.6. The Morgan fingerprint density at radius 1 is 1.14 bits per heavy atom. The molecule has 0 N–H and O–H groups in total. The molecule has 29 heavy (non-hydrogen) atoms. The fourth-order valence-electron chi connectivity index (χ4n) is 1.79. The average Bonchev–Trinajstić information content (AvgIpc) is 2.53. The van der Waals surface area contributed by atoms with Crippen LogP contribution in [-0.2, 0) is 20.3 Å². The normalized spacial score (nSPS) is 11.3. The van der Waals surface area contributed by atoms with Gasteiger partial charge in [0.1, 0.15) is 30.3 Å². The third-order valence-electron chi connectivity index (χ3n) is 2.87. The second-order valence-corrected chi connectivity index (χ2v) is 10.0. The molecule has 0 aliphatic rings. The standard InChI is InChI=1S/C14H7ClF3NO5.C3H9OS/c15-10-5-7(14(16,17)18)1-4-12(10)24-8-2-3-11(19(22)23)9(6-8)13(20)21;1-5(2,3)4/h1-6H,(H,20,21);1-3H3/q;+1/p-1. The number of carboxylic acid groups (broad SMARTS) is 1. The number of hydrogen-bond acceptors (Lipinski definition) is 6. The number of carboxylic acids is 1. The zero-order valence-corrected chi connectivity index (χ0v) is 16.9. The van der Waals surface area contributed by atoms with Gasteiger partial charge >= 0.3 is 6.18 Å². The van der Waals surface area contributed by atoms with Gasteiger partial charge in [0, 0.05) is 6.07 Å². The highest BCUT2D eigenvalue weighted by atomic mass is 35.5. The minimum Gasteiger partial charge on any atom is -0.545 e. The first-order valence-electron chi connectivity index (χ1n) is 7.53. The van der Waals surface area contributed by atoms with Crippen LogP contribution >= 0.6 is 11.6 Å². The number of aromatic carboxylic acids is 1. The van der Waals surface area contributed by atoms with Crippen LogP contribution in [0.2, 0.25) is 5.02 Å². The van der Waals surface area contributed by atoms with Crippen molar-refractivity contribution in [1.82, 2.24) is 0 Å². The van der Waals surface area contributed by atoms with Gasteiger partial charge in [-0.25, -0.2) is 0 Å². The predicted octanol–water partition coefficient (Wildman–Crippen LogP) is 3.80. The van der Waals surface area contributed by atoms with Crippen molar-refractivity contribution >= 4 is 33.2 Å². The molecule has 2 aromatic carbocycles. The maximum Gasteiger partial charge on any atom is 0.416 e. The first-order chi connectivity index (χ1) is 13.1. The Morgan fingerprint density at radius 3 is 2.10 bits per heavy atom. The average molecular weight is 454 g/mol. The molecule has 7 nitrogen and oxygen atoms in total. The van der Waals surface area contributed by atoms with Crippen LogP contribution in [0.4, 0.5) is 18.9 Å². The number of nitrogens with zero attached hydrogens (tertiary/aromatic N) is 1. The Kier molecular flexibility index (Phi) is 7.75. The number of alkyl halides is 3. The molecule has 0 saturated heterocycles. The predicted molar refractivity (Wildman–Crippen MR) is 99.8 cm³/mol. The van der Waals surface area contributed by atoms with Crippen LogP contribution in [0.3, 0.4) is 0 Å². The molecule has 0 amide bonds. The Bertz CT molecular complexity index is 966. The largest absolute Gasteiger partial charge is 0.545 e. The van der Waals surface area contributed by atoms with Gasteiger partial charge in [-0.05, 0) is 30.3 Å². The number of nitro benzene ring substituents is 1. The molecule has 0 aromatic heterocycles. The van der Waals surface area contributed by atoms with Crippen molar-refractivity contribution in [2.45, 2.75) is 6.18 Å². The van der Waals surface area contributed by atoms with Crippen molar-refractivity contribution in [3.63, 3.8) is 0 Å². The lowest BCUT2D eigenvalue weighted by molar-refractivity contribution is -0.385. The second-order valence-electron chi connectivity index (χ2n) is 6.19. The van der Waals surface area contributed by atoms with Crippen LogP contribution in [0.1, 0.15) is 15.9 Å². The zero-order valence-electron chi connectivity index (χ0n) is 15.3. The summed E-state index contributed by atoms with van der Waals surface area (Å²) in [6, 6.07) is 5.10. The first kappa shape index (κ1) is 24.4. The van der Waals surface area contributed by atoms with Gasteiger partial charge < -0.3 is 14.6 Å². The number of hydrogen-bond donors (Lipinski definition) is 0. The number of carbonyl (C=O) groups is 1. The van der Waals surface area contributed by atoms with Crippen LogP contribution in [-0.4, -0.2) is 29.7 Å². The molecule has 0 saturated carbocycles. The van der Waals surface area contributed by atoms with Crippen LogP contribution in [0.15, 0.2) is 36.4 Å². The van der Waals surface area contributed by atoms with Crippen molar-refractivity contribution in [1.29, 1.82) is 0 Å². The Morgan fingerprint density at radius 2 is 1.69 bits per heavy atom. The lowest BCUT2D eigenvalue weighted by Gasteiger charge is -2.12. The van der Waals surface area contributed by atoms with E-state index >= 15 is 0 Å². The van der Waals surface area contributed by atoms with E-state index in [1.807, 2.05) is 0 Å². The summed E-state index contributed by atoms with van der Waals surface area (Å²) in [5.74, 6) is -2.14. The van der Waals surface area contributed by atoms with E-state index in [0.717, 1.165) is 30.3 Å². The number of carbonyl (C=O) groups excluding carboxylic acids is 1. The summed E-state index contributed by atoms with van der Waals surface area (Å²) in [7, 11) is -1.42. The summed E-state index contributed by atoms with van der Waals surface area (Å²) in [5, 5.41) is 21.3. The molecule has 0 atom stereocenters. The second kappa shape index (κ2) is 9.23. The van der Waals surface area contributed by atoms with Crippen molar-refractivity contribution in [3.05, 3.63) is 62.7 Å². The number of benzene rings is 2. The lowest BCUT2D eigenvalue weighted by atomic mass is 10.1. The maximum atomic E-state index is 12.6. The van der Waals surface area contributed by atoms with E-state index in [1.54, 1.807) is 18.8 Å². The van der Waals surface area contributed by atoms with Crippen molar-refractivity contribution in [2.75, 3.05) is 18.8 Å². The minimum atomic E-state index is -4.59. The van der Waals surface area contributed by atoms with Gasteiger partial charge in [-0.1, -0.05) is 11.6 Å². The lowest BCUT2D eigenvalue weighted by Crippen LogP contribution is -2.23. The molecule has 0 bridgehead atoms. The Labute approximate surface area is 169 Å². The molecular weight excluding hydrogens is 439 g/mol. The van der Waals surface area contributed by atoms with E-state index in [4.69, 9.17) is 16.3 Å². The highest BCUT2D eigenvalue weighted by molar-refractivity contribution is 8.00. The fourth-order valence-corrected chi connectivity index (χ4v) is 2.01. The molecular formula is C17H15ClF3NO6S.